The van der Waals surface area contributed by atoms with Crippen molar-refractivity contribution in [2.75, 3.05) is 0 Å². The zero-order valence-electron chi connectivity index (χ0n) is 23.3. The van der Waals surface area contributed by atoms with Crippen molar-refractivity contribution < 1.29 is 0 Å². The molecule has 0 radical (unpaired) electrons. The van der Waals surface area contributed by atoms with E-state index in [1.165, 1.54) is 49.3 Å². The fourth-order valence-corrected chi connectivity index (χ4v) is 6.52. The van der Waals surface area contributed by atoms with Gasteiger partial charge in [-0.15, -0.1) is 0 Å². The van der Waals surface area contributed by atoms with Gasteiger partial charge in [-0.1, -0.05) is 127 Å². The molecule has 0 bridgehead atoms. The predicted octanol–water partition coefficient (Wildman–Crippen LogP) is 10.3. The van der Waals surface area contributed by atoms with Crippen LogP contribution in [0.5, 0.6) is 0 Å². The van der Waals surface area contributed by atoms with Crippen LogP contribution in [0.25, 0.3) is 82.9 Å². The zero-order chi connectivity index (χ0) is 28.3. The minimum Gasteiger partial charge on any atom is -0.305 e. The van der Waals surface area contributed by atoms with Crippen molar-refractivity contribution in [1.29, 1.82) is 0 Å². The monoisotopic (exact) mass is 547 g/mol. The van der Waals surface area contributed by atoms with Crippen LogP contribution in [0, 0.1) is 0 Å². The largest absolute Gasteiger partial charge is 0.305 e. The van der Waals surface area contributed by atoms with E-state index in [9.17, 15) is 0 Å². The minimum atomic E-state index is 0.977. The summed E-state index contributed by atoms with van der Waals surface area (Å²) in [6, 6.07) is 49.4. The number of pyridine rings is 2. The summed E-state index contributed by atoms with van der Waals surface area (Å²) in [5.74, 6) is 0. The van der Waals surface area contributed by atoms with E-state index in [4.69, 9.17) is 9.97 Å². The van der Waals surface area contributed by atoms with Crippen molar-refractivity contribution in [2.24, 2.45) is 0 Å². The predicted molar refractivity (Wildman–Crippen MR) is 178 cm³/mol. The number of benzene rings is 5. The molecule has 0 atom stereocenters. The molecule has 0 unspecified atom stereocenters. The molecule has 4 heterocycles. The van der Waals surface area contributed by atoms with E-state index in [-0.39, 0.29) is 0 Å². The Morgan fingerprint density at radius 3 is 1.19 bits per heavy atom. The summed E-state index contributed by atoms with van der Waals surface area (Å²) in [5.41, 5.74) is 12.5. The number of rotatable bonds is 4. The van der Waals surface area contributed by atoms with Gasteiger partial charge in [0.25, 0.3) is 0 Å². The van der Waals surface area contributed by atoms with Crippen molar-refractivity contribution in [3.05, 3.63) is 152 Å². The Hall–Kier alpha value is -5.80. The molecule has 0 N–H and O–H groups in total. The summed E-state index contributed by atoms with van der Waals surface area (Å²) in [6.45, 7) is 0. The van der Waals surface area contributed by atoms with E-state index in [2.05, 4.69) is 132 Å². The lowest BCUT2D eigenvalue weighted by molar-refractivity contribution is 1.27. The smallest absolute Gasteiger partial charge is 0.0726 e. The summed E-state index contributed by atoms with van der Waals surface area (Å²) in [6.07, 6.45) is 4.04. The second kappa shape index (κ2) is 9.37. The highest BCUT2D eigenvalue weighted by molar-refractivity contribution is 6.23. The maximum atomic E-state index is 4.94. The van der Waals surface area contributed by atoms with Gasteiger partial charge in [0.05, 0.1) is 40.3 Å². The third-order valence-corrected chi connectivity index (χ3v) is 8.66. The van der Waals surface area contributed by atoms with Gasteiger partial charge in [0.15, 0.2) is 0 Å². The van der Waals surface area contributed by atoms with Crippen LogP contribution in [-0.2, 0) is 0 Å². The molecule has 0 aliphatic heterocycles. The second-order valence-corrected chi connectivity index (χ2v) is 11.1. The number of fused-ring (bicyclic) bond motifs is 6. The van der Waals surface area contributed by atoms with Gasteiger partial charge < -0.3 is 4.40 Å². The molecule has 9 rings (SSSR count). The first-order valence-corrected chi connectivity index (χ1v) is 14.6. The molecule has 43 heavy (non-hydrogen) atoms. The molecule has 3 heteroatoms. The standard InChI is InChI=1S/C40H25N3/c1-3-8-26(9-4-1)28-14-18-30(19-15-28)36-22-34-32-12-7-13-33-35-23-37(42-25-39(35)43(40(32)33)38(34)24-41-36)31-20-16-29(17-21-31)27-10-5-2-6-11-27/h1-25H. The first kappa shape index (κ1) is 23.9. The molecule has 0 amide bonds. The number of hydrogen-bond acceptors (Lipinski definition) is 2. The highest BCUT2D eigenvalue weighted by atomic mass is 14.9. The lowest BCUT2D eigenvalue weighted by atomic mass is 10.0. The van der Waals surface area contributed by atoms with Gasteiger partial charge in [-0.3, -0.25) is 9.97 Å². The Bertz CT molecular complexity index is 2240. The Morgan fingerprint density at radius 2 is 0.744 bits per heavy atom. The Morgan fingerprint density at radius 1 is 0.349 bits per heavy atom. The van der Waals surface area contributed by atoms with Gasteiger partial charge in [-0.25, -0.2) is 0 Å². The van der Waals surface area contributed by atoms with Crippen LogP contribution in [-0.4, -0.2) is 14.4 Å². The van der Waals surface area contributed by atoms with Gasteiger partial charge in [0.1, 0.15) is 0 Å². The minimum absolute atomic E-state index is 0.977. The van der Waals surface area contributed by atoms with E-state index >= 15 is 0 Å². The molecule has 0 spiro atoms. The summed E-state index contributed by atoms with van der Waals surface area (Å²) >= 11 is 0. The molecule has 0 saturated carbocycles. The maximum absolute atomic E-state index is 4.94. The quantitative estimate of drug-likeness (QED) is 0.219. The molecule has 0 aliphatic rings. The molecule has 0 saturated heterocycles. The first-order valence-electron chi connectivity index (χ1n) is 14.6. The summed E-state index contributed by atoms with van der Waals surface area (Å²) < 4.78 is 2.33. The summed E-state index contributed by atoms with van der Waals surface area (Å²) in [4.78, 5) is 9.87. The van der Waals surface area contributed by atoms with Crippen LogP contribution < -0.4 is 0 Å². The van der Waals surface area contributed by atoms with Crippen LogP contribution in [0.1, 0.15) is 0 Å². The average molecular weight is 548 g/mol. The molecule has 0 aliphatic carbocycles. The lowest BCUT2D eigenvalue weighted by Gasteiger charge is -2.06. The van der Waals surface area contributed by atoms with Crippen LogP contribution in [0.2, 0.25) is 0 Å². The number of aromatic nitrogens is 3. The third kappa shape index (κ3) is 3.75. The van der Waals surface area contributed by atoms with Gasteiger partial charge in [0, 0.05) is 32.7 Å². The van der Waals surface area contributed by atoms with Gasteiger partial charge in [-0.05, 0) is 34.4 Å². The first-order chi connectivity index (χ1) is 21.3. The molecule has 4 aromatic heterocycles. The normalized spacial score (nSPS) is 11.7. The molecular weight excluding hydrogens is 522 g/mol. The van der Waals surface area contributed by atoms with Crippen LogP contribution in [0.4, 0.5) is 0 Å². The third-order valence-electron chi connectivity index (χ3n) is 8.66. The van der Waals surface area contributed by atoms with Crippen LogP contribution in [0.3, 0.4) is 0 Å². The molecule has 200 valence electrons. The van der Waals surface area contributed by atoms with Crippen molar-refractivity contribution in [2.45, 2.75) is 0 Å². The second-order valence-electron chi connectivity index (χ2n) is 11.1. The molecule has 0 fully saturated rings. The molecule has 9 aromatic rings. The fraction of sp³-hybridized carbons (Fsp3) is 0. The Balaban J connectivity index is 1.14. The van der Waals surface area contributed by atoms with Gasteiger partial charge in [0.2, 0.25) is 0 Å². The zero-order valence-corrected chi connectivity index (χ0v) is 23.3. The van der Waals surface area contributed by atoms with Crippen LogP contribution in [0.15, 0.2) is 152 Å². The van der Waals surface area contributed by atoms with E-state index in [1.54, 1.807) is 0 Å². The summed E-state index contributed by atoms with van der Waals surface area (Å²) in [5, 5.41) is 4.89. The number of hydrogen-bond donors (Lipinski definition) is 0. The molecule has 3 nitrogen and oxygen atoms in total. The van der Waals surface area contributed by atoms with Gasteiger partial charge >= 0.3 is 0 Å². The Kier molecular flexibility index (Phi) is 5.20. The molecular formula is C40H25N3. The van der Waals surface area contributed by atoms with Crippen molar-refractivity contribution in [1.82, 2.24) is 14.4 Å². The van der Waals surface area contributed by atoms with E-state index in [0.29, 0.717) is 0 Å². The highest BCUT2D eigenvalue weighted by Crippen LogP contribution is 2.40. The molecule has 5 aromatic carbocycles. The van der Waals surface area contributed by atoms with E-state index in [0.717, 1.165) is 33.5 Å². The van der Waals surface area contributed by atoms with Crippen LogP contribution >= 0.6 is 0 Å². The lowest BCUT2D eigenvalue weighted by Crippen LogP contribution is -1.88. The Labute approximate surface area is 248 Å². The highest BCUT2D eigenvalue weighted by Gasteiger charge is 2.19. The maximum Gasteiger partial charge on any atom is 0.0726 e. The summed E-state index contributed by atoms with van der Waals surface area (Å²) in [7, 11) is 0. The number of nitrogens with zero attached hydrogens (tertiary/aromatic N) is 3. The van der Waals surface area contributed by atoms with Crippen molar-refractivity contribution in [3.8, 4) is 44.8 Å². The van der Waals surface area contributed by atoms with Crippen molar-refractivity contribution >= 4 is 38.1 Å². The average Bonchev–Trinajstić information content (AvgIpc) is 3.61. The van der Waals surface area contributed by atoms with E-state index in [1.807, 2.05) is 24.5 Å². The van der Waals surface area contributed by atoms with Gasteiger partial charge in [-0.2, -0.15) is 0 Å². The number of para-hydroxylation sites is 1. The SMILES string of the molecule is c1ccc(-c2ccc(-c3cc4c5cccc6c7cc(-c8ccc(-c9ccccc9)cc8)ncc7n(c4cn3)c56)cc2)cc1. The van der Waals surface area contributed by atoms with Crippen molar-refractivity contribution in [3.63, 3.8) is 0 Å². The van der Waals surface area contributed by atoms with E-state index < -0.39 is 0 Å². The topological polar surface area (TPSA) is 30.2 Å². The fourth-order valence-electron chi connectivity index (χ4n) is 6.52.